The summed E-state index contributed by atoms with van der Waals surface area (Å²) in [5.74, 6) is 1.86. The van der Waals surface area contributed by atoms with E-state index in [1.807, 2.05) is 0 Å². The number of nitrogens with zero attached hydrogens (tertiary/aromatic N) is 1. The minimum Gasteiger partial charge on any atom is -0.459 e. The summed E-state index contributed by atoms with van der Waals surface area (Å²) in [5.41, 5.74) is 26.0. The Balaban J connectivity index is 1.13. The first-order chi connectivity index (χ1) is 31.8. The summed E-state index contributed by atoms with van der Waals surface area (Å²) in [7, 11) is 0. The maximum Gasteiger partial charge on any atom is 0.253 e. The standard InChI is InChI=1S/C60H35B2NO/c1-5-20-40-36(16-1)38-18-3-7-22-42(38)47-27-15-31-55-56(47)61(50-28-12-9-24-44(40)50)52-34-35-54-58(60(52)64-55)62-51-29-13-10-25-45(51)41-21-6-2-17-37(41)39-19-4-8-23-43(39)48-32-33-49-46-26-11-14-30-53(46)63(54)59(49)57(48)62/h1-35H. The average molecular weight is 808 g/mol. The predicted molar refractivity (Wildman–Crippen MR) is 269 cm³/mol. The van der Waals surface area contributed by atoms with Crippen LogP contribution in [0.4, 0.5) is 0 Å². The molecule has 0 atom stereocenters. The number of rotatable bonds is 0. The Bertz CT molecular complexity index is 3860. The van der Waals surface area contributed by atoms with E-state index in [0.29, 0.717) is 0 Å². The van der Waals surface area contributed by atoms with Crippen LogP contribution < -0.4 is 37.5 Å². The van der Waals surface area contributed by atoms with Crippen LogP contribution in [0.25, 0.3) is 94.3 Å². The molecule has 292 valence electrons. The van der Waals surface area contributed by atoms with Gasteiger partial charge in [0.15, 0.2) is 0 Å². The number of aromatic nitrogens is 1. The average Bonchev–Trinajstić information content (AvgIpc) is 3.73. The van der Waals surface area contributed by atoms with Crippen LogP contribution in [0.3, 0.4) is 0 Å². The first-order valence-corrected chi connectivity index (χ1v) is 22.4. The zero-order valence-electron chi connectivity index (χ0n) is 34.7. The van der Waals surface area contributed by atoms with Gasteiger partial charge in [-0.05, 0) is 107 Å². The van der Waals surface area contributed by atoms with Crippen molar-refractivity contribution in [1.82, 2.24) is 4.57 Å². The molecule has 10 aromatic carbocycles. The lowest BCUT2D eigenvalue weighted by molar-refractivity contribution is 0.491. The highest BCUT2D eigenvalue weighted by molar-refractivity contribution is 7.02. The van der Waals surface area contributed by atoms with Gasteiger partial charge in [0.1, 0.15) is 11.5 Å². The maximum atomic E-state index is 7.71. The molecule has 0 aliphatic carbocycles. The lowest BCUT2D eigenvalue weighted by Gasteiger charge is -2.36. The van der Waals surface area contributed by atoms with Crippen molar-refractivity contribution in [3.8, 4) is 83.9 Å². The summed E-state index contributed by atoms with van der Waals surface area (Å²) in [6.45, 7) is -0.268. The Morgan fingerprint density at radius 1 is 0.297 bits per heavy atom. The largest absolute Gasteiger partial charge is 0.459 e. The van der Waals surface area contributed by atoms with Gasteiger partial charge in [0.25, 0.3) is 13.4 Å². The smallest absolute Gasteiger partial charge is 0.253 e. The van der Waals surface area contributed by atoms with Crippen LogP contribution >= 0.6 is 0 Å². The second-order valence-corrected chi connectivity index (χ2v) is 17.7. The van der Waals surface area contributed by atoms with Crippen LogP contribution in [0.5, 0.6) is 11.5 Å². The van der Waals surface area contributed by atoms with Gasteiger partial charge in [-0.1, -0.05) is 205 Å². The molecular formula is C60H35B2NO. The molecule has 0 saturated heterocycles. The fourth-order valence-corrected chi connectivity index (χ4v) is 12.3. The summed E-state index contributed by atoms with van der Waals surface area (Å²) < 4.78 is 10.3. The van der Waals surface area contributed by atoms with E-state index in [0.717, 1.165) is 11.5 Å². The van der Waals surface area contributed by atoms with Crippen molar-refractivity contribution in [2.24, 2.45) is 0 Å². The molecule has 0 radical (unpaired) electrons. The third kappa shape index (κ3) is 4.42. The molecular weight excluding hydrogens is 772 g/mol. The minimum atomic E-state index is -0.159. The summed E-state index contributed by atoms with van der Waals surface area (Å²) in [6.07, 6.45) is 0. The highest BCUT2D eigenvalue weighted by Crippen LogP contribution is 2.45. The van der Waals surface area contributed by atoms with Gasteiger partial charge in [-0.2, -0.15) is 0 Å². The molecule has 4 aliphatic rings. The Hall–Kier alpha value is -8.07. The molecule has 5 heterocycles. The number of benzene rings is 10. The number of fused-ring (bicyclic) bond motifs is 23. The molecule has 4 aliphatic heterocycles. The van der Waals surface area contributed by atoms with Gasteiger partial charge in [-0.15, -0.1) is 0 Å². The summed E-state index contributed by atoms with van der Waals surface area (Å²) >= 11 is 0. The van der Waals surface area contributed by atoms with Crippen LogP contribution in [-0.2, 0) is 0 Å². The van der Waals surface area contributed by atoms with Crippen LogP contribution in [0.1, 0.15) is 0 Å². The first-order valence-electron chi connectivity index (χ1n) is 22.4. The van der Waals surface area contributed by atoms with Gasteiger partial charge in [0.05, 0.1) is 5.52 Å². The minimum absolute atomic E-state index is 0.109. The Morgan fingerprint density at radius 2 is 0.766 bits per heavy atom. The Morgan fingerprint density at radius 3 is 1.38 bits per heavy atom. The molecule has 0 unspecified atom stereocenters. The van der Waals surface area contributed by atoms with Gasteiger partial charge in [-0.3, -0.25) is 0 Å². The van der Waals surface area contributed by atoms with Gasteiger partial charge >= 0.3 is 0 Å². The second-order valence-electron chi connectivity index (χ2n) is 17.7. The fourth-order valence-electron chi connectivity index (χ4n) is 12.3. The van der Waals surface area contributed by atoms with Crippen LogP contribution in [0.2, 0.25) is 0 Å². The topological polar surface area (TPSA) is 14.2 Å². The third-order valence-electron chi connectivity index (χ3n) is 14.8. The lowest BCUT2D eigenvalue weighted by Crippen LogP contribution is -2.62. The molecule has 64 heavy (non-hydrogen) atoms. The molecule has 0 N–H and O–H groups in total. The highest BCUT2D eigenvalue weighted by atomic mass is 16.5. The molecule has 1 aromatic heterocycles. The van der Waals surface area contributed by atoms with Crippen LogP contribution in [0, 0.1) is 0 Å². The SMILES string of the molecule is c1ccc2c(c1)B1c3ccc4c(c3Oc3cccc(c31)-c1ccccc1-c1ccccc1-2)B1c2ccccc2-c2ccccc2-c2ccccc2-c2ccc3c5ccccc5n-4c3c21. The van der Waals surface area contributed by atoms with Crippen molar-refractivity contribution in [1.29, 1.82) is 0 Å². The zero-order chi connectivity index (χ0) is 41.6. The number of hydrogen-bond donors (Lipinski definition) is 0. The molecule has 15 rings (SSSR count). The molecule has 0 bridgehead atoms. The normalized spacial score (nSPS) is 13.1. The van der Waals surface area contributed by atoms with Gasteiger partial charge in [0.2, 0.25) is 0 Å². The van der Waals surface area contributed by atoms with Crippen molar-refractivity contribution in [3.05, 3.63) is 212 Å². The number of para-hydroxylation sites is 1. The van der Waals surface area contributed by atoms with Gasteiger partial charge in [-0.25, -0.2) is 0 Å². The van der Waals surface area contributed by atoms with Gasteiger partial charge in [0, 0.05) is 22.0 Å². The summed E-state index contributed by atoms with van der Waals surface area (Å²) in [5, 5.41) is 2.53. The Labute approximate surface area is 371 Å². The van der Waals surface area contributed by atoms with Crippen molar-refractivity contribution < 1.29 is 4.74 Å². The monoisotopic (exact) mass is 807 g/mol. The zero-order valence-corrected chi connectivity index (χ0v) is 34.7. The maximum absolute atomic E-state index is 7.71. The van der Waals surface area contributed by atoms with E-state index in [9.17, 15) is 0 Å². The second kappa shape index (κ2) is 12.8. The first kappa shape index (κ1) is 34.5. The van der Waals surface area contributed by atoms with Crippen LogP contribution in [0.15, 0.2) is 212 Å². The van der Waals surface area contributed by atoms with Crippen molar-refractivity contribution in [2.75, 3.05) is 0 Å². The van der Waals surface area contributed by atoms with Crippen molar-refractivity contribution in [2.45, 2.75) is 0 Å². The predicted octanol–water partition coefficient (Wildman–Crippen LogP) is 10.9. The number of hydrogen-bond acceptors (Lipinski definition) is 1. The summed E-state index contributed by atoms with van der Waals surface area (Å²) in [6, 6.07) is 79.4. The van der Waals surface area contributed by atoms with E-state index >= 15 is 0 Å². The van der Waals surface area contributed by atoms with E-state index < -0.39 is 0 Å². The van der Waals surface area contributed by atoms with Crippen LogP contribution in [-0.4, -0.2) is 18.0 Å². The molecule has 0 amide bonds. The number of ether oxygens (including phenoxy) is 1. The summed E-state index contributed by atoms with van der Waals surface area (Å²) in [4.78, 5) is 0. The van der Waals surface area contributed by atoms with E-state index in [1.165, 1.54) is 127 Å². The lowest BCUT2D eigenvalue weighted by atomic mass is 9.30. The van der Waals surface area contributed by atoms with E-state index in [4.69, 9.17) is 4.74 Å². The molecule has 11 aromatic rings. The third-order valence-corrected chi connectivity index (χ3v) is 14.8. The molecule has 0 spiro atoms. The van der Waals surface area contributed by atoms with Crippen molar-refractivity contribution >= 4 is 68.0 Å². The molecule has 2 nitrogen and oxygen atoms in total. The molecule has 0 saturated carbocycles. The quantitative estimate of drug-likeness (QED) is 0.139. The van der Waals surface area contributed by atoms with Gasteiger partial charge < -0.3 is 9.30 Å². The fraction of sp³-hybridized carbons (Fsp3) is 0. The van der Waals surface area contributed by atoms with E-state index in [-0.39, 0.29) is 13.4 Å². The van der Waals surface area contributed by atoms with E-state index in [1.54, 1.807) is 0 Å². The molecule has 0 fully saturated rings. The molecule has 4 heteroatoms. The van der Waals surface area contributed by atoms with E-state index in [2.05, 4.69) is 217 Å². The highest BCUT2D eigenvalue weighted by Gasteiger charge is 2.45. The Kier molecular flexibility index (Phi) is 6.88. The van der Waals surface area contributed by atoms with Crippen molar-refractivity contribution in [3.63, 3.8) is 0 Å².